The minimum atomic E-state index is 0.0567. The molecule has 3 N–H and O–H groups in total. The van der Waals surface area contributed by atoms with Gasteiger partial charge in [-0.3, -0.25) is 10.6 Å². The van der Waals surface area contributed by atoms with E-state index >= 15 is 0 Å². The lowest BCUT2D eigenvalue weighted by atomic mass is 10.1. The lowest BCUT2D eigenvalue weighted by Crippen LogP contribution is -2.45. The minimum Gasteiger partial charge on any atom is -0.393 e. The minimum absolute atomic E-state index is 0.0567. The van der Waals surface area contributed by atoms with Gasteiger partial charge in [-0.25, -0.2) is 0 Å². The first-order chi connectivity index (χ1) is 20.3. The fourth-order valence-corrected chi connectivity index (χ4v) is 5.50. The second-order valence-corrected chi connectivity index (χ2v) is 12.5. The molecule has 3 nitrogen and oxygen atoms in total. The number of hydrogen-bond donors (Lipinski definition) is 3. The zero-order valence-electron chi connectivity index (χ0n) is 28.3. The first-order valence-corrected chi connectivity index (χ1v) is 18.7. The van der Waals surface area contributed by atoms with E-state index in [4.69, 9.17) is 0 Å². The average molecular weight is 577 g/mol. The van der Waals surface area contributed by atoms with Crippen LogP contribution in [0.15, 0.2) is 24.3 Å². The molecule has 0 aliphatic heterocycles. The van der Waals surface area contributed by atoms with Gasteiger partial charge in [0, 0.05) is 0 Å². The van der Waals surface area contributed by atoms with Crippen molar-refractivity contribution in [3.05, 3.63) is 24.3 Å². The number of rotatable bonds is 35. The van der Waals surface area contributed by atoms with Crippen LogP contribution in [0.3, 0.4) is 0 Å². The van der Waals surface area contributed by atoms with Crippen molar-refractivity contribution in [1.82, 2.24) is 10.6 Å². The molecular formula is C38H76N2O. The van der Waals surface area contributed by atoms with Crippen molar-refractivity contribution in [2.45, 2.75) is 200 Å². The van der Waals surface area contributed by atoms with Gasteiger partial charge < -0.3 is 5.11 Å². The first-order valence-electron chi connectivity index (χ1n) is 18.7. The number of hydrogen-bond acceptors (Lipinski definition) is 3. The van der Waals surface area contributed by atoms with E-state index in [0.717, 1.165) is 13.1 Å². The van der Waals surface area contributed by atoms with Crippen molar-refractivity contribution < 1.29 is 5.11 Å². The molecule has 3 heteroatoms. The molecule has 0 saturated heterocycles. The van der Waals surface area contributed by atoms with Gasteiger partial charge in [-0.05, 0) is 77.3 Å². The van der Waals surface area contributed by atoms with Crippen LogP contribution in [0.5, 0.6) is 0 Å². The van der Waals surface area contributed by atoms with E-state index in [0.29, 0.717) is 0 Å². The van der Waals surface area contributed by atoms with Crippen LogP contribution in [0.4, 0.5) is 0 Å². The highest BCUT2D eigenvalue weighted by Gasteiger charge is 2.04. The van der Waals surface area contributed by atoms with Crippen molar-refractivity contribution in [1.29, 1.82) is 0 Å². The molecule has 0 aromatic rings. The third-order valence-electron chi connectivity index (χ3n) is 8.34. The number of nitrogens with one attached hydrogen (secondary N) is 2. The summed E-state index contributed by atoms with van der Waals surface area (Å²) >= 11 is 0. The summed E-state index contributed by atoms with van der Waals surface area (Å²) in [4.78, 5) is 0. The van der Waals surface area contributed by atoms with Crippen LogP contribution in [-0.4, -0.2) is 31.0 Å². The molecule has 0 heterocycles. The topological polar surface area (TPSA) is 44.3 Å². The Hall–Kier alpha value is -0.640. The van der Waals surface area contributed by atoms with E-state index in [1.807, 2.05) is 0 Å². The van der Waals surface area contributed by atoms with Gasteiger partial charge in [-0.15, -0.1) is 0 Å². The normalized spacial score (nSPS) is 12.1. The number of allylic oxidation sites excluding steroid dienone is 4. The van der Waals surface area contributed by atoms with Gasteiger partial charge in [0.1, 0.15) is 0 Å². The van der Waals surface area contributed by atoms with Crippen LogP contribution in [0.1, 0.15) is 194 Å². The van der Waals surface area contributed by atoms with Gasteiger partial charge in [-0.2, -0.15) is 0 Å². The molecule has 0 radical (unpaired) electrons. The maximum atomic E-state index is 9.66. The predicted molar refractivity (Wildman–Crippen MR) is 186 cm³/mol. The molecule has 0 aromatic carbocycles. The summed E-state index contributed by atoms with van der Waals surface area (Å²) in [6.07, 6.45) is 47.4. The largest absolute Gasteiger partial charge is 0.393 e. The molecule has 41 heavy (non-hydrogen) atoms. The van der Waals surface area contributed by atoms with Crippen LogP contribution in [0.2, 0.25) is 0 Å². The van der Waals surface area contributed by atoms with Crippen LogP contribution in [0.25, 0.3) is 0 Å². The van der Waals surface area contributed by atoms with Crippen LogP contribution in [-0.2, 0) is 0 Å². The maximum Gasteiger partial charge on any atom is 0.0810 e. The molecule has 244 valence electrons. The Morgan fingerprint density at radius 3 is 0.951 bits per heavy atom. The van der Waals surface area contributed by atoms with Crippen molar-refractivity contribution in [3.63, 3.8) is 0 Å². The van der Waals surface area contributed by atoms with Gasteiger partial charge in [0.05, 0.1) is 12.8 Å². The summed E-state index contributed by atoms with van der Waals surface area (Å²) in [6.45, 7) is 6.76. The molecule has 0 rings (SSSR count). The van der Waals surface area contributed by atoms with Crippen LogP contribution >= 0.6 is 0 Å². The molecule has 0 aliphatic rings. The molecular weight excluding hydrogens is 500 g/mol. The number of aliphatic hydroxyl groups is 1. The zero-order valence-corrected chi connectivity index (χ0v) is 28.3. The lowest BCUT2D eigenvalue weighted by Gasteiger charge is -2.18. The second-order valence-electron chi connectivity index (χ2n) is 12.5. The highest BCUT2D eigenvalue weighted by Crippen LogP contribution is 2.11. The Morgan fingerprint density at radius 2 is 0.659 bits per heavy atom. The Bertz CT molecular complexity index is 474. The predicted octanol–water partition coefficient (Wildman–Crippen LogP) is 11.6. The molecule has 0 amide bonds. The molecule has 0 saturated carbocycles. The highest BCUT2D eigenvalue weighted by molar-refractivity contribution is 4.82. The Kier molecular flexibility index (Phi) is 36.8. The third-order valence-corrected chi connectivity index (χ3v) is 8.34. The summed E-state index contributed by atoms with van der Waals surface area (Å²) in [6, 6.07) is 0. The molecule has 0 fully saturated rings. The van der Waals surface area contributed by atoms with Crippen molar-refractivity contribution in [2.75, 3.05) is 19.7 Å². The van der Waals surface area contributed by atoms with Crippen molar-refractivity contribution in [2.24, 2.45) is 0 Å². The SMILES string of the molecule is CCCCCCCC/C=C\CCCCCCCCNC(CO)NCCCCCCCC/C=C\CCCCCCCC. The smallest absolute Gasteiger partial charge is 0.0810 e. The van der Waals surface area contributed by atoms with E-state index < -0.39 is 0 Å². The quantitative estimate of drug-likeness (QED) is 0.0399. The molecule has 0 bridgehead atoms. The summed E-state index contributed by atoms with van der Waals surface area (Å²) < 4.78 is 0. The highest BCUT2D eigenvalue weighted by atomic mass is 16.3. The maximum absolute atomic E-state index is 9.66. The lowest BCUT2D eigenvalue weighted by molar-refractivity contribution is 0.218. The van der Waals surface area contributed by atoms with Crippen LogP contribution in [0, 0.1) is 0 Å². The van der Waals surface area contributed by atoms with Gasteiger partial charge in [0.2, 0.25) is 0 Å². The number of unbranched alkanes of at least 4 members (excludes halogenated alkanes) is 24. The van der Waals surface area contributed by atoms with Crippen molar-refractivity contribution in [3.8, 4) is 0 Å². The van der Waals surface area contributed by atoms with Crippen molar-refractivity contribution >= 4 is 0 Å². The van der Waals surface area contributed by atoms with E-state index in [-0.39, 0.29) is 12.8 Å². The fraction of sp³-hybridized carbons (Fsp3) is 0.895. The number of aliphatic hydroxyl groups excluding tert-OH is 1. The van der Waals surface area contributed by atoms with E-state index in [2.05, 4.69) is 48.8 Å². The standard InChI is InChI=1S/C38H76N2O/c1-3-5-7-9-11-13-15-17-19-21-23-25-27-29-31-33-35-39-38(37-41)40-36-34-32-30-28-26-24-22-20-18-16-14-12-10-8-6-4-2/h17-20,38-41H,3-16,21-37H2,1-2H3/b19-17-,20-18-. The summed E-state index contributed by atoms with van der Waals surface area (Å²) in [5.41, 5.74) is 0. The van der Waals surface area contributed by atoms with Gasteiger partial charge in [-0.1, -0.05) is 154 Å². The molecule has 0 unspecified atom stereocenters. The summed E-state index contributed by atoms with van der Waals surface area (Å²) in [7, 11) is 0. The van der Waals surface area contributed by atoms with E-state index in [1.165, 1.54) is 180 Å². The summed E-state index contributed by atoms with van der Waals surface area (Å²) in [5.74, 6) is 0. The molecule has 0 atom stereocenters. The summed E-state index contributed by atoms with van der Waals surface area (Å²) in [5, 5.41) is 16.7. The van der Waals surface area contributed by atoms with E-state index in [1.54, 1.807) is 0 Å². The molecule has 0 aliphatic carbocycles. The van der Waals surface area contributed by atoms with Crippen LogP contribution < -0.4 is 10.6 Å². The average Bonchev–Trinajstić information content (AvgIpc) is 2.99. The molecule has 0 aromatic heterocycles. The second kappa shape index (κ2) is 37.4. The molecule has 0 spiro atoms. The third kappa shape index (κ3) is 35.5. The Labute approximate surface area is 259 Å². The zero-order chi connectivity index (χ0) is 29.7. The van der Waals surface area contributed by atoms with E-state index in [9.17, 15) is 5.11 Å². The monoisotopic (exact) mass is 577 g/mol. The Balaban J connectivity index is 3.33. The van der Waals surface area contributed by atoms with Gasteiger partial charge in [0.15, 0.2) is 0 Å². The first kappa shape index (κ1) is 40.4. The fourth-order valence-electron chi connectivity index (χ4n) is 5.50. The Morgan fingerprint density at radius 1 is 0.390 bits per heavy atom. The van der Waals surface area contributed by atoms with Gasteiger partial charge in [0.25, 0.3) is 0 Å². The van der Waals surface area contributed by atoms with Gasteiger partial charge >= 0.3 is 0 Å².